The number of carbonyl (C=O) groups is 3. The van der Waals surface area contributed by atoms with E-state index in [1.54, 1.807) is 0 Å². The number of rotatable bonds is 7. The Labute approximate surface area is 148 Å². The molecule has 0 aliphatic carbocycles. The van der Waals surface area contributed by atoms with E-state index in [1.165, 1.54) is 34.0 Å². The maximum atomic E-state index is 11.5. The van der Waals surface area contributed by atoms with E-state index < -0.39 is 17.9 Å². The van der Waals surface area contributed by atoms with Crippen molar-refractivity contribution in [3.05, 3.63) is 18.2 Å². The third-order valence-electron chi connectivity index (χ3n) is 2.87. The lowest BCUT2D eigenvalue weighted by Gasteiger charge is -2.22. The molecule has 0 heterocycles. The number of carbonyl (C=O) groups excluding carboxylic acids is 3. The second-order valence-electron chi connectivity index (χ2n) is 4.81. The number of allylic oxidation sites excluding steroid dienone is 1. The summed E-state index contributed by atoms with van der Waals surface area (Å²) in [6.07, 6.45) is 1.66. The van der Waals surface area contributed by atoms with Crippen molar-refractivity contribution in [1.29, 1.82) is 0 Å². The Morgan fingerprint density at radius 2 is 1.32 bits per heavy atom. The predicted molar refractivity (Wildman–Crippen MR) is 91.4 cm³/mol. The molecule has 0 saturated heterocycles. The van der Waals surface area contributed by atoms with Crippen LogP contribution in [0, 0.1) is 0 Å². The normalized spacial score (nSPS) is 9.92. The van der Waals surface area contributed by atoms with Crippen LogP contribution in [0.25, 0.3) is 0 Å². The predicted octanol–water partition coefficient (Wildman–Crippen LogP) is 0.859. The van der Waals surface area contributed by atoms with Crippen LogP contribution in [-0.2, 0) is 20.8 Å². The van der Waals surface area contributed by atoms with E-state index in [4.69, 9.17) is 23.4 Å². The van der Waals surface area contributed by atoms with Gasteiger partial charge in [-0.05, 0) is 6.42 Å². The maximum absolute atomic E-state index is 11.5. The number of hydrogen-bond acceptors (Lipinski definition) is 8. The van der Waals surface area contributed by atoms with Crippen molar-refractivity contribution in [2.24, 2.45) is 0 Å². The van der Waals surface area contributed by atoms with Crippen LogP contribution in [0.1, 0.15) is 26.3 Å². The van der Waals surface area contributed by atoms with Gasteiger partial charge in [-0.25, -0.2) is 0 Å². The van der Waals surface area contributed by atoms with E-state index in [0.717, 1.165) is 0 Å². The van der Waals surface area contributed by atoms with Crippen molar-refractivity contribution in [3.8, 4) is 28.7 Å². The Balaban J connectivity index is 3.93. The Morgan fingerprint density at radius 1 is 0.880 bits per heavy atom. The molecule has 136 valence electrons. The van der Waals surface area contributed by atoms with Gasteiger partial charge in [0.15, 0.2) is 17.2 Å². The fraction of sp³-hybridized carbons (Fsp3) is 0.312. The first-order valence-electron chi connectivity index (χ1n) is 7.23. The van der Waals surface area contributed by atoms with Crippen LogP contribution < -0.4 is 23.4 Å². The molecule has 0 aliphatic rings. The molecule has 0 aromatic heterocycles. The largest absolute Gasteiger partial charge is 0.548 e. The maximum Gasteiger partial charge on any atom is 0.308 e. The topological polar surface area (TPSA) is 97.4 Å². The number of ether oxygens (including phenoxy) is 4. The second kappa shape index (κ2) is 8.88. The number of hydrogen-bond donors (Lipinski definition) is 0. The third-order valence-corrected chi connectivity index (χ3v) is 3.28. The second-order valence-corrected chi connectivity index (χ2v) is 5.21. The molecule has 0 unspecified atom stereocenters. The molecule has 1 aromatic carbocycles. The zero-order chi connectivity index (χ0) is 19.1. The van der Waals surface area contributed by atoms with Crippen molar-refractivity contribution in [1.82, 2.24) is 0 Å². The van der Waals surface area contributed by atoms with E-state index >= 15 is 0 Å². The van der Waals surface area contributed by atoms with Crippen molar-refractivity contribution >= 4 is 28.4 Å². The van der Waals surface area contributed by atoms with Crippen LogP contribution >= 0.6 is 0 Å². The van der Waals surface area contributed by atoms with Gasteiger partial charge in [-0.15, -0.1) is 6.58 Å². The van der Waals surface area contributed by atoms with Gasteiger partial charge in [0.1, 0.15) is 0 Å². The minimum absolute atomic E-state index is 0.00433. The quantitative estimate of drug-likeness (QED) is 0.302. The standard InChI is InChI=1S/C16H20O8Si/c1-6-7-11-12(21-8(2)17)14(20-5)16(24-25)15(23-10(4)19)13(11)22-9(3)18/h6H,1,7H2,2-5,25H3. The van der Waals surface area contributed by atoms with E-state index in [2.05, 4.69) is 6.58 Å². The van der Waals surface area contributed by atoms with Gasteiger partial charge in [0.2, 0.25) is 22.0 Å². The molecule has 25 heavy (non-hydrogen) atoms. The summed E-state index contributed by atoms with van der Waals surface area (Å²) in [5.74, 6) is -2.08. The van der Waals surface area contributed by atoms with Crippen molar-refractivity contribution < 1.29 is 37.8 Å². The van der Waals surface area contributed by atoms with E-state index in [0.29, 0.717) is 0 Å². The van der Waals surface area contributed by atoms with Gasteiger partial charge in [0.25, 0.3) is 0 Å². The van der Waals surface area contributed by atoms with Crippen LogP contribution in [0.15, 0.2) is 12.7 Å². The summed E-state index contributed by atoms with van der Waals surface area (Å²) in [5, 5.41) is 0. The molecule has 1 aromatic rings. The van der Waals surface area contributed by atoms with Crippen molar-refractivity contribution in [2.75, 3.05) is 7.11 Å². The average molecular weight is 368 g/mol. The molecule has 0 amide bonds. The van der Waals surface area contributed by atoms with Gasteiger partial charge >= 0.3 is 17.9 Å². The molecule has 0 radical (unpaired) electrons. The van der Waals surface area contributed by atoms with Crippen molar-refractivity contribution in [2.45, 2.75) is 27.2 Å². The van der Waals surface area contributed by atoms with Gasteiger partial charge < -0.3 is 23.4 Å². The first-order valence-corrected chi connectivity index (χ1v) is 8.05. The highest BCUT2D eigenvalue weighted by Gasteiger charge is 2.31. The summed E-state index contributed by atoms with van der Waals surface area (Å²) in [6, 6.07) is 0. The Kier molecular flexibility index (Phi) is 7.18. The van der Waals surface area contributed by atoms with Crippen LogP contribution in [-0.4, -0.2) is 35.5 Å². The number of methoxy groups -OCH3 is 1. The van der Waals surface area contributed by atoms with Gasteiger partial charge in [-0.3, -0.25) is 14.4 Å². The minimum Gasteiger partial charge on any atom is -0.548 e. The first-order chi connectivity index (χ1) is 11.8. The van der Waals surface area contributed by atoms with E-state index in [-0.39, 0.29) is 51.2 Å². The fourth-order valence-corrected chi connectivity index (χ4v) is 2.50. The minimum atomic E-state index is -0.656. The zero-order valence-corrected chi connectivity index (χ0v) is 16.8. The molecular formula is C16H20O8Si. The highest BCUT2D eigenvalue weighted by molar-refractivity contribution is 6.01. The van der Waals surface area contributed by atoms with E-state index in [9.17, 15) is 14.4 Å². The van der Waals surface area contributed by atoms with Crippen molar-refractivity contribution in [3.63, 3.8) is 0 Å². The lowest BCUT2D eigenvalue weighted by atomic mass is 10.1. The van der Waals surface area contributed by atoms with Gasteiger partial charge in [-0.2, -0.15) is 0 Å². The van der Waals surface area contributed by atoms with Gasteiger partial charge in [0, 0.05) is 26.3 Å². The summed E-state index contributed by atoms with van der Waals surface area (Å²) >= 11 is 0. The highest BCUT2D eigenvalue weighted by atomic mass is 28.2. The summed E-state index contributed by atoms with van der Waals surface area (Å²) < 4.78 is 26.3. The lowest BCUT2D eigenvalue weighted by Crippen LogP contribution is -2.14. The molecule has 1 rings (SSSR count). The molecule has 8 nitrogen and oxygen atoms in total. The Bertz CT molecular complexity index is 711. The monoisotopic (exact) mass is 368 g/mol. The molecule has 0 atom stereocenters. The van der Waals surface area contributed by atoms with E-state index in [1.807, 2.05) is 0 Å². The molecule has 0 saturated carbocycles. The SMILES string of the molecule is C=CCc1c(OC(C)=O)c(OC)c(O[SiH3])c(OC(C)=O)c1OC(C)=O. The average Bonchev–Trinajstić information content (AvgIpc) is 2.51. The Hall–Kier alpha value is -2.81. The van der Waals surface area contributed by atoms with Gasteiger partial charge in [-0.1, -0.05) is 6.08 Å². The van der Waals surface area contributed by atoms with Crippen LogP contribution in [0.3, 0.4) is 0 Å². The van der Waals surface area contributed by atoms with Crippen LogP contribution in [0.4, 0.5) is 0 Å². The summed E-state index contributed by atoms with van der Waals surface area (Å²) in [6.45, 7) is 7.22. The molecular weight excluding hydrogens is 348 g/mol. The summed E-state index contributed by atoms with van der Waals surface area (Å²) in [4.78, 5) is 34.5. The highest BCUT2D eigenvalue weighted by Crippen LogP contribution is 2.54. The molecule has 9 heteroatoms. The van der Waals surface area contributed by atoms with Gasteiger partial charge in [0.05, 0.1) is 7.11 Å². The number of benzene rings is 1. The lowest BCUT2D eigenvalue weighted by molar-refractivity contribution is -0.134. The van der Waals surface area contributed by atoms with Crippen LogP contribution in [0.2, 0.25) is 0 Å². The summed E-state index contributed by atoms with van der Waals surface area (Å²) in [7, 11) is 1.54. The summed E-state index contributed by atoms with van der Waals surface area (Å²) in [5.41, 5.74) is 0.260. The molecule has 0 fully saturated rings. The molecule has 0 spiro atoms. The van der Waals surface area contributed by atoms with Crippen LogP contribution in [0.5, 0.6) is 28.7 Å². The fourth-order valence-electron chi connectivity index (χ4n) is 2.13. The molecule has 0 N–H and O–H groups in total. The molecule has 0 aliphatic heterocycles. The Morgan fingerprint density at radius 3 is 1.68 bits per heavy atom. The zero-order valence-electron chi connectivity index (χ0n) is 14.8. The third kappa shape index (κ3) is 4.83. The molecule has 0 bridgehead atoms. The first kappa shape index (κ1) is 20.2. The smallest absolute Gasteiger partial charge is 0.308 e. The number of esters is 3.